The molecule has 0 saturated heterocycles. The van der Waals surface area contributed by atoms with E-state index in [1.807, 2.05) is 0 Å². The van der Waals surface area contributed by atoms with Crippen molar-refractivity contribution < 1.29 is 166 Å². The lowest BCUT2D eigenvalue weighted by molar-refractivity contribution is -0.158. The summed E-state index contributed by atoms with van der Waals surface area (Å²) < 4.78 is 198. The number of nitrogens with two attached hydrogens (primary N) is 1. The summed E-state index contributed by atoms with van der Waals surface area (Å²) in [6.45, 7) is 7.81. The van der Waals surface area contributed by atoms with Gasteiger partial charge in [-0.25, -0.2) is 0 Å². The van der Waals surface area contributed by atoms with Crippen molar-refractivity contribution >= 4 is 0 Å². The molecule has 0 radical (unpaired) electrons. The van der Waals surface area contributed by atoms with Gasteiger partial charge in [-0.15, -0.1) is 0 Å². The van der Waals surface area contributed by atoms with Crippen molar-refractivity contribution in [1.29, 1.82) is 0 Å². The van der Waals surface area contributed by atoms with E-state index in [0.717, 1.165) is 6.42 Å². The van der Waals surface area contributed by atoms with Crippen LogP contribution in [0, 0.1) is 0 Å². The van der Waals surface area contributed by atoms with Crippen molar-refractivity contribution in [2.45, 2.75) is 110 Å². The third-order valence-corrected chi connectivity index (χ3v) is 15.1. The first kappa shape index (κ1) is 106. The van der Waals surface area contributed by atoms with Crippen LogP contribution in [-0.4, -0.2) is 468 Å². The quantitative estimate of drug-likeness (QED) is 0.0749. The van der Waals surface area contributed by atoms with E-state index in [1.54, 1.807) is 114 Å². The zero-order valence-corrected chi connectivity index (χ0v) is 67.9. The summed E-state index contributed by atoms with van der Waals surface area (Å²) in [5, 5.41) is 10.1. The highest BCUT2D eigenvalue weighted by Gasteiger charge is 2.28. The highest BCUT2D eigenvalue weighted by atomic mass is 16.7. The van der Waals surface area contributed by atoms with Crippen molar-refractivity contribution in [1.82, 2.24) is 0 Å². The largest absolute Gasteiger partial charge is 0.388 e. The van der Waals surface area contributed by atoms with Crippen molar-refractivity contribution in [3.05, 3.63) is 0 Å². The Morgan fingerprint density at radius 1 is 0.168 bits per heavy atom. The Morgan fingerprint density at radius 2 is 0.290 bits per heavy atom. The number of aliphatic hydroxyl groups is 1. The fourth-order valence-electron chi connectivity index (χ4n) is 9.82. The molecule has 644 valence electrons. The number of ether oxygens (including phenoxy) is 34. The van der Waals surface area contributed by atoms with Crippen LogP contribution >= 0.6 is 0 Å². The highest BCUT2D eigenvalue weighted by Crippen LogP contribution is 2.14. The van der Waals surface area contributed by atoms with Crippen molar-refractivity contribution in [3.63, 3.8) is 0 Å². The predicted molar refractivity (Wildman–Crippen MR) is 388 cm³/mol. The van der Waals surface area contributed by atoms with E-state index in [-0.39, 0.29) is 211 Å². The van der Waals surface area contributed by atoms with Crippen molar-refractivity contribution in [3.8, 4) is 0 Å². The van der Waals surface area contributed by atoms with Crippen LogP contribution in [0.3, 0.4) is 0 Å². The molecule has 107 heavy (non-hydrogen) atoms. The molecule has 0 heterocycles. The van der Waals surface area contributed by atoms with Gasteiger partial charge in [0.2, 0.25) is 0 Å². The molecule has 0 aliphatic heterocycles. The fraction of sp³-hybridized carbons (Fsp3) is 1.00. The summed E-state index contributed by atoms with van der Waals surface area (Å²) in [5.74, 6) is 0. The second kappa shape index (κ2) is 77.2. The van der Waals surface area contributed by atoms with Gasteiger partial charge in [-0.05, 0) is 13.0 Å². The average molecular weight is 1570 g/mol. The lowest BCUT2D eigenvalue weighted by Crippen LogP contribution is -2.39. The molecule has 0 aromatic carbocycles. The molecule has 0 bridgehead atoms. The predicted octanol–water partition coefficient (Wildman–Crippen LogP) is -0.135. The summed E-state index contributed by atoms with van der Waals surface area (Å²) >= 11 is 0. The van der Waals surface area contributed by atoms with Crippen LogP contribution in [0.4, 0.5) is 0 Å². The Bertz CT molecular complexity index is 1800. The maximum atomic E-state index is 10.1. The molecule has 17 atom stereocenters. The topological polar surface area (TPSA) is 360 Å². The summed E-state index contributed by atoms with van der Waals surface area (Å²) in [6, 6.07) is 0. The second-order valence-electron chi connectivity index (χ2n) is 24.9. The van der Waals surface area contributed by atoms with Crippen molar-refractivity contribution in [2.75, 3.05) is 359 Å². The molecule has 3 N–H and O–H groups in total. The van der Waals surface area contributed by atoms with Gasteiger partial charge >= 0.3 is 0 Å². The zero-order valence-electron chi connectivity index (χ0n) is 67.9. The first-order chi connectivity index (χ1) is 52.2. The van der Waals surface area contributed by atoms with Gasteiger partial charge in [-0.3, -0.25) is 0 Å². The standard InChI is InChI=1S/C71H145NO35/c1-74-21-55(73)22-92-57(24-76-3)40-94-59(26-78-5)42-96-61(28-80-7)44-98-63(30-82-9)46-100-65(32-84-11)48-102-67(34-86-13)50-104-69(36-88-15)52-106-71(38-90-17)54-107-70(37-89-16)53-105-68(35-87-14)51-103-66(33-85-12)49-101-64(31-83-10)47-99-62(29-81-8)45-97-60(27-79-6)43-95-58(25-77-4)41-93-56(23-75-2)39-91-20-18-19-72/h55-71,73H,18-54,72H2,1-17H3. The second-order valence-corrected chi connectivity index (χ2v) is 24.9. The van der Waals surface area contributed by atoms with E-state index in [0.29, 0.717) is 33.0 Å². The minimum absolute atomic E-state index is 0.0567. The fourth-order valence-corrected chi connectivity index (χ4v) is 9.82. The molecule has 0 saturated carbocycles. The summed E-state index contributed by atoms with van der Waals surface area (Å²) in [6.07, 6.45) is -7.56. The normalized spacial score (nSPS) is 17.1. The number of hydrogen-bond acceptors (Lipinski definition) is 36. The van der Waals surface area contributed by atoms with Gasteiger partial charge < -0.3 is 172 Å². The Morgan fingerprint density at radius 3 is 0.411 bits per heavy atom. The van der Waals surface area contributed by atoms with Gasteiger partial charge in [-0.2, -0.15) is 0 Å². The van der Waals surface area contributed by atoms with E-state index in [1.165, 1.54) is 7.11 Å². The first-order valence-corrected chi connectivity index (χ1v) is 36.4. The zero-order chi connectivity index (χ0) is 79.0. The molecule has 0 aromatic rings. The van der Waals surface area contributed by atoms with Crippen LogP contribution in [-0.2, 0) is 161 Å². The van der Waals surface area contributed by atoms with Gasteiger partial charge in [0.25, 0.3) is 0 Å². The van der Waals surface area contributed by atoms with E-state index in [4.69, 9.17) is 167 Å². The van der Waals surface area contributed by atoms with Crippen LogP contribution in [0.1, 0.15) is 6.42 Å². The third kappa shape index (κ3) is 59.8. The van der Waals surface area contributed by atoms with Crippen LogP contribution < -0.4 is 5.73 Å². The van der Waals surface area contributed by atoms with Gasteiger partial charge in [-0.1, -0.05) is 0 Å². The molecule has 0 aliphatic rings. The Labute approximate surface area is 638 Å². The van der Waals surface area contributed by atoms with E-state index in [9.17, 15) is 5.11 Å². The molecule has 17 unspecified atom stereocenters. The monoisotopic (exact) mass is 1570 g/mol. The summed E-state index contributed by atoms with van der Waals surface area (Å²) in [4.78, 5) is 0. The maximum Gasteiger partial charge on any atom is 0.104 e. The molecule has 0 fully saturated rings. The van der Waals surface area contributed by atoms with Gasteiger partial charge in [0.05, 0.1) is 225 Å². The number of aliphatic hydroxyl groups excluding tert-OH is 1. The Kier molecular flexibility index (Phi) is 76.1. The first-order valence-electron chi connectivity index (χ1n) is 36.4. The Hall–Kier alpha value is -1.44. The van der Waals surface area contributed by atoms with Crippen molar-refractivity contribution in [2.24, 2.45) is 5.73 Å². The molecule has 36 nitrogen and oxygen atoms in total. The molecule has 0 amide bonds. The molecular weight excluding hydrogens is 1430 g/mol. The summed E-state index contributed by atoms with van der Waals surface area (Å²) in [5.41, 5.74) is 5.60. The van der Waals surface area contributed by atoms with Crippen LogP contribution in [0.15, 0.2) is 0 Å². The van der Waals surface area contributed by atoms with E-state index < -0.39 is 97.7 Å². The minimum atomic E-state index is -0.787. The number of hydrogen-bond donors (Lipinski definition) is 2. The van der Waals surface area contributed by atoms with E-state index in [2.05, 4.69) is 0 Å². The number of methoxy groups -OCH3 is 17. The maximum absolute atomic E-state index is 10.1. The Balaban J connectivity index is 5.61. The molecule has 0 spiro atoms. The summed E-state index contributed by atoms with van der Waals surface area (Å²) in [7, 11) is 26.9. The third-order valence-electron chi connectivity index (χ3n) is 15.1. The van der Waals surface area contributed by atoms with Crippen LogP contribution in [0.5, 0.6) is 0 Å². The average Bonchev–Trinajstić information content (AvgIpc) is 0.945. The lowest BCUT2D eigenvalue weighted by Gasteiger charge is -2.28. The van der Waals surface area contributed by atoms with Crippen LogP contribution in [0.25, 0.3) is 0 Å². The molecule has 0 aromatic heterocycles. The van der Waals surface area contributed by atoms with Gasteiger partial charge in [0.1, 0.15) is 104 Å². The van der Waals surface area contributed by atoms with Gasteiger partial charge in [0, 0.05) is 127 Å². The SMILES string of the molecule is COCC(O)COC(COC)COC(COC)COC(COC)COC(COC)COC(COC)COC(COC)COC(COC)COC(COC)COC(COC)COC(COC)COC(COC)COC(COC)COC(COC)COC(COC)COC(COC)COC(COC)COCCCN. The molecule has 36 heteroatoms. The van der Waals surface area contributed by atoms with Crippen LogP contribution in [0.2, 0.25) is 0 Å². The highest BCUT2D eigenvalue weighted by molar-refractivity contribution is 4.73. The number of rotatable bonds is 87. The lowest BCUT2D eigenvalue weighted by atomic mass is 10.3. The van der Waals surface area contributed by atoms with E-state index >= 15 is 0 Å². The molecule has 0 rings (SSSR count). The van der Waals surface area contributed by atoms with Gasteiger partial charge in [0.15, 0.2) is 0 Å². The molecular formula is C71H145NO35. The molecule has 0 aliphatic carbocycles. The minimum Gasteiger partial charge on any atom is -0.388 e. The smallest absolute Gasteiger partial charge is 0.104 e.